The van der Waals surface area contributed by atoms with Gasteiger partial charge in [-0.25, -0.2) is 14.2 Å². The van der Waals surface area contributed by atoms with Crippen LogP contribution >= 0.6 is 0 Å². The first-order valence-electron chi connectivity index (χ1n) is 3.86. The summed E-state index contributed by atoms with van der Waals surface area (Å²) < 4.78 is 13.5. The van der Waals surface area contributed by atoms with Crippen molar-refractivity contribution in [3.8, 4) is 0 Å². The lowest BCUT2D eigenvalue weighted by atomic mass is 10.3. The van der Waals surface area contributed by atoms with Gasteiger partial charge in [0.1, 0.15) is 0 Å². The van der Waals surface area contributed by atoms with Crippen molar-refractivity contribution in [2.75, 3.05) is 0 Å². The number of imidazole rings is 1. The molecule has 0 aliphatic carbocycles. The van der Waals surface area contributed by atoms with Gasteiger partial charge in [0.25, 0.3) is 0 Å². The predicted molar refractivity (Wildman–Crippen MR) is 46.0 cm³/mol. The third-order valence-electron chi connectivity index (χ3n) is 1.26. The maximum atomic E-state index is 11.7. The van der Waals surface area contributed by atoms with Crippen molar-refractivity contribution < 1.29 is 14.3 Å². The minimum atomic E-state index is -1.68. The number of halogens is 1. The van der Waals surface area contributed by atoms with Gasteiger partial charge in [0, 0.05) is 19.4 Å². The number of aromatic nitrogens is 2. The Morgan fingerprint density at radius 3 is 2.46 bits per heavy atom. The minimum Gasteiger partial charge on any atom is -0.479 e. The standard InChI is InChI=1S/C4H7FO2.C4H6N2/c1-2-3(5)4(6)7;1-6-3-2-5-4-6/h3H,2H2,1H3,(H,6,7);2-4H,1H3. The molecule has 0 bridgehead atoms. The summed E-state index contributed by atoms with van der Waals surface area (Å²) in [4.78, 5) is 13.3. The number of aryl methyl sites for hydroxylation is 1. The lowest BCUT2D eigenvalue weighted by Gasteiger charge is -1.92. The maximum absolute atomic E-state index is 11.7. The Balaban J connectivity index is 0.000000223. The summed E-state index contributed by atoms with van der Waals surface area (Å²) in [5.41, 5.74) is 0. The second-order valence-corrected chi connectivity index (χ2v) is 2.44. The van der Waals surface area contributed by atoms with E-state index in [2.05, 4.69) is 4.98 Å². The van der Waals surface area contributed by atoms with Gasteiger partial charge in [-0.05, 0) is 6.42 Å². The Morgan fingerprint density at radius 2 is 2.38 bits per heavy atom. The van der Waals surface area contributed by atoms with Crippen LogP contribution in [0.15, 0.2) is 18.7 Å². The summed E-state index contributed by atoms with van der Waals surface area (Å²) >= 11 is 0. The molecule has 1 unspecified atom stereocenters. The zero-order valence-corrected chi connectivity index (χ0v) is 7.64. The predicted octanol–water partition coefficient (Wildman–Crippen LogP) is 1.24. The number of nitrogens with zero attached hydrogens (tertiary/aromatic N) is 2. The van der Waals surface area contributed by atoms with E-state index >= 15 is 0 Å². The number of aliphatic carboxylic acids is 1. The highest BCUT2D eigenvalue weighted by Crippen LogP contribution is 1.93. The topological polar surface area (TPSA) is 55.1 Å². The molecule has 13 heavy (non-hydrogen) atoms. The lowest BCUT2D eigenvalue weighted by Crippen LogP contribution is -2.11. The number of hydrogen-bond acceptors (Lipinski definition) is 2. The number of alkyl halides is 1. The van der Waals surface area contributed by atoms with Crippen LogP contribution in [0, 0.1) is 0 Å². The molecular weight excluding hydrogens is 175 g/mol. The molecule has 0 aromatic carbocycles. The fourth-order valence-electron chi connectivity index (χ4n) is 0.500. The zero-order valence-electron chi connectivity index (χ0n) is 7.64. The van der Waals surface area contributed by atoms with Crippen LogP contribution in [-0.4, -0.2) is 26.8 Å². The molecule has 0 saturated heterocycles. The normalized spacial score (nSPS) is 11.3. The monoisotopic (exact) mass is 188 g/mol. The van der Waals surface area contributed by atoms with Crippen LogP contribution in [0.25, 0.3) is 0 Å². The van der Waals surface area contributed by atoms with Gasteiger partial charge >= 0.3 is 5.97 Å². The highest BCUT2D eigenvalue weighted by atomic mass is 19.1. The van der Waals surface area contributed by atoms with Crippen LogP contribution in [0.3, 0.4) is 0 Å². The van der Waals surface area contributed by atoms with E-state index in [1.807, 2.05) is 17.8 Å². The summed E-state index contributed by atoms with van der Waals surface area (Å²) in [6.07, 6.45) is 3.76. The number of rotatable bonds is 2. The molecule has 0 radical (unpaired) electrons. The molecule has 74 valence electrons. The van der Waals surface area contributed by atoms with E-state index in [1.54, 1.807) is 12.5 Å². The van der Waals surface area contributed by atoms with Crippen molar-refractivity contribution in [2.24, 2.45) is 7.05 Å². The summed E-state index contributed by atoms with van der Waals surface area (Å²) in [5.74, 6) is -1.37. The van der Waals surface area contributed by atoms with E-state index in [4.69, 9.17) is 5.11 Å². The molecule has 1 rings (SSSR count). The summed E-state index contributed by atoms with van der Waals surface area (Å²) in [6.45, 7) is 1.48. The fourth-order valence-corrected chi connectivity index (χ4v) is 0.500. The van der Waals surface area contributed by atoms with Crippen molar-refractivity contribution in [1.82, 2.24) is 9.55 Å². The van der Waals surface area contributed by atoms with Crippen LogP contribution in [-0.2, 0) is 11.8 Å². The van der Waals surface area contributed by atoms with Crippen LogP contribution in [0.2, 0.25) is 0 Å². The largest absolute Gasteiger partial charge is 0.479 e. The molecule has 0 saturated carbocycles. The second-order valence-electron chi connectivity index (χ2n) is 2.44. The molecular formula is C8H13FN2O2. The molecule has 1 atom stereocenters. The van der Waals surface area contributed by atoms with E-state index in [1.165, 1.54) is 6.92 Å². The van der Waals surface area contributed by atoms with Gasteiger partial charge in [0.15, 0.2) is 6.17 Å². The third kappa shape index (κ3) is 5.84. The van der Waals surface area contributed by atoms with Crippen LogP contribution in [0.5, 0.6) is 0 Å². The number of hydrogen-bond donors (Lipinski definition) is 1. The summed E-state index contributed by atoms with van der Waals surface area (Å²) in [5, 5.41) is 7.81. The Kier molecular flexibility index (Phi) is 5.50. The minimum absolute atomic E-state index is 0.0509. The SMILES string of the molecule is CCC(F)C(=O)O.Cn1ccnc1. The number of carboxylic acid groups (broad SMARTS) is 1. The van der Waals surface area contributed by atoms with E-state index in [0.29, 0.717) is 0 Å². The number of carbonyl (C=O) groups is 1. The molecule has 0 amide bonds. The van der Waals surface area contributed by atoms with E-state index in [-0.39, 0.29) is 6.42 Å². The fraction of sp³-hybridized carbons (Fsp3) is 0.500. The van der Waals surface area contributed by atoms with Crippen molar-refractivity contribution in [3.05, 3.63) is 18.7 Å². The van der Waals surface area contributed by atoms with Gasteiger partial charge < -0.3 is 9.67 Å². The van der Waals surface area contributed by atoms with E-state index < -0.39 is 12.1 Å². The molecule has 1 N–H and O–H groups in total. The Morgan fingerprint density at radius 1 is 1.77 bits per heavy atom. The molecule has 1 aromatic rings. The van der Waals surface area contributed by atoms with E-state index in [0.717, 1.165) is 0 Å². The summed E-state index contributed by atoms with van der Waals surface area (Å²) in [6, 6.07) is 0. The molecule has 1 aromatic heterocycles. The molecule has 0 aliphatic rings. The zero-order chi connectivity index (χ0) is 10.3. The molecule has 0 fully saturated rings. The van der Waals surface area contributed by atoms with Crippen LogP contribution < -0.4 is 0 Å². The van der Waals surface area contributed by atoms with E-state index in [9.17, 15) is 9.18 Å². The Labute approximate surface area is 76.0 Å². The van der Waals surface area contributed by atoms with Gasteiger partial charge in [0.2, 0.25) is 0 Å². The average Bonchev–Trinajstić information content (AvgIpc) is 2.55. The molecule has 5 heteroatoms. The van der Waals surface area contributed by atoms with Gasteiger partial charge in [-0.1, -0.05) is 6.92 Å². The average molecular weight is 188 g/mol. The smallest absolute Gasteiger partial charge is 0.338 e. The second kappa shape index (κ2) is 6.16. The van der Waals surface area contributed by atoms with Gasteiger partial charge in [0.05, 0.1) is 6.33 Å². The maximum Gasteiger partial charge on any atom is 0.338 e. The first-order chi connectivity index (χ1) is 6.07. The third-order valence-corrected chi connectivity index (χ3v) is 1.26. The van der Waals surface area contributed by atoms with Crippen molar-refractivity contribution in [3.63, 3.8) is 0 Å². The van der Waals surface area contributed by atoms with Crippen LogP contribution in [0.4, 0.5) is 4.39 Å². The first kappa shape index (κ1) is 11.6. The van der Waals surface area contributed by atoms with Gasteiger partial charge in [-0.2, -0.15) is 0 Å². The summed E-state index contributed by atoms with van der Waals surface area (Å²) in [7, 11) is 1.94. The van der Waals surface area contributed by atoms with Gasteiger partial charge in [-0.3, -0.25) is 0 Å². The van der Waals surface area contributed by atoms with Gasteiger partial charge in [-0.15, -0.1) is 0 Å². The molecule has 0 aliphatic heterocycles. The molecule has 4 nitrogen and oxygen atoms in total. The Bertz CT molecular complexity index is 236. The van der Waals surface area contributed by atoms with Crippen molar-refractivity contribution in [2.45, 2.75) is 19.5 Å². The van der Waals surface area contributed by atoms with Crippen molar-refractivity contribution >= 4 is 5.97 Å². The Hall–Kier alpha value is -1.39. The highest BCUT2D eigenvalue weighted by molar-refractivity contribution is 5.71. The molecule has 0 spiro atoms. The number of carboxylic acids is 1. The quantitative estimate of drug-likeness (QED) is 0.759. The highest BCUT2D eigenvalue weighted by Gasteiger charge is 2.10. The first-order valence-corrected chi connectivity index (χ1v) is 3.86. The lowest BCUT2D eigenvalue weighted by molar-refractivity contribution is -0.142. The van der Waals surface area contributed by atoms with Crippen LogP contribution in [0.1, 0.15) is 13.3 Å². The van der Waals surface area contributed by atoms with Crippen molar-refractivity contribution in [1.29, 1.82) is 0 Å². The molecule has 1 heterocycles.